The first-order valence-electron chi connectivity index (χ1n) is 6.41. The van der Waals surface area contributed by atoms with Crippen molar-refractivity contribution in [2.24, 2.45) is 0 Å². The van der Waals surface area contributed by atoms with E-state index < -0.39 is 16.6 Å². The summed E-state index contributed by atoms with van der Waals surface area (Å²) in [4.78, 5) is 24.6. The largest absolute Gasteiger partial charge is 0.504 e. The van der Waals surface area contributed by atoms with Crippen LogP contribution in [0.4, 0.5) is 5.69 Å². The second kappa shape index (κ2) is 4.49. The number of aromatic hydroxyl groups is 1. The Bertz CT molecular complexity index is 807. The maximum absolute atomic E-state index is 11.4. The van der Waals surface area contributed by atoms with E-state index in [1.165, 1.54) is 0 Å². The van der Waals surface area contributed by atoms with Crippen LogP contribution >= 0.6 is 0 Å². The van der Waals surface area contributed by atoms with Crippen LogP contribution in [-0.2, 0) is 0 Å². The highest BCUT2D eigenvalue weighted by molar-refractivity contribution is 5.95. The van der Waals surface area contributed by atoms with Crippen molar-refractivity contribution in [1.82, 2.24) is 0 Å². The highest BCUT2D eigenvalue weighted by Gasteiger charge is 2.20. The lowest BCUT2D eigenvalue weighted by Gasteiger charge is -2.26. The van der Waals surface area contributed by atoms with Crippen LogP contribution < -0.4 is 15.8 Å². The number of hydrogen-bond donors (Lipinski definition) is 1. The number of rotatable bonds is 2. The summed E-state index contributed by atoms with van der Waals surface area (Å²) in [6, 6.07) is 7.82. The predicted molar refractivity (Wildman–Crippen MR) is 79.5 cm³/mol. The van der Waals surface area contributed by atoms with E-state index in [1.54, 1.807) is 6.08 Å². The Morgan fingerprint density at radius 1 is 1.20 bits per heavy atom. The molecule has 1 aliphatic heterocycles. The van der Waals surface area contributed by atoms with Crippen molar-refractivity contribution >= 4 is 17.3 Å². The molecule has 2 aromatic rings. The SMILES string of the molecule is CCN1C=C/C(=C/c2c(O)c(=O)c2=O)c2ccccc21. The van der Waals surface area contributed by atoms with Crippen molar-refractivity contribution in [2.75, 3.05) is 11.4 Å². The fourth-order valence-electron chi connectivity index (χ4n) is 2.40. The molecule has 1 heterocycles. The molecule has 3 rings (SSSR count). The molecule has 20 heavy (non-hydrogen) atoms. The highest BCUT2D eigenvalue weighted by atomic mass is 16.3. The molecule has 0 aromatic heterocycles. The molecule has 2 aromatic carbocycles. The smallest absolute Gasteiger partial charge is 0.268 e. The van der Waals surface area contributed by atoms with E-state index in [0.29, 0.717) is 0 Å². The summed E-state index contributed by atoms with van der Waals surface area (Å²) in [5.74, 6) is -0.439. The molecule has 1 N–H and O–H groups in total. The van der Waals surface area contributed by atoms with Gasteiger partial charge in [0.15, 0.2) is 5.75 Å². The van der Waals surface area contributed by atoms with E-state index in [2.05, 4.69) is 11.8 Å². The summed E-state index contributed by atoms with van der Waals surface area (Å²) >= 11 is 0. The molecule has 0 fully saturated rings. The summed E-state index contributed by atoms with van der Waals surface area (Å²) in [5, 5.41) is 9.45. The molecule has 0 saturated heterocycles. The minimum absolute atomic E-state index is 0.0920. The quantitative estimate of drug-likeness (QED) is 0.844. The first kappa shape index (κ1) is 12.4. The third-order valence-electron chi connectivity index (χ3n) is 3.52. The average molecular weight is 267 g/mol. The maximum atomic E-state index is 11.4. The molecule has 0 unspecified atom stereocenters. The van der Waals surface area contributed by atoms with Crippen molar-refractivity contribution in [1.29, 1.82) is 0 Å². The Hall–Kier alpha value is -2.62. The molecule has 4 nitrogen and oxygen atoms in total. The van der Waals surface area contributed by atoms with Gasteiger partial charge in [0.2, 0.25) is 5.43 Å². The molecular formula is C16H13NO3. The molecule has 0 saturated carbocycles. The predicted octanol–water partition coefficient (Wildman–Crippen LogP) is 1.88. The first-order chi connectivity index (χ1) is 9.63. The van der Waals surface area contributed by atoms with Gasteiger partial charge >= 0.3 is 0 Å². The molecule has 0 spiro atoms. The Labute approximate surface area is 115 Å². The van der Waals surface area contributed by atoms with Crippen molar-refractivity contribution in [3.05, 3.63) is 68.1 Å². The van der Waals surface area contributed by atoms with Crippen molar-refractivity contribution in [3.8, 4) is 5.75 Å². The van der Waals surface area contributed by atoms with Gasteiger partial charge < -0.3 is 10.0 Å². The van der Waals surface area contributed by atoms with Gasteiger partial charge in [-0.15, -0.1) is 0 Å². The van der Waals surface area contributed by atoms with E-state index in [4.69, 9.17) is 0 Å². The van der Waals surface area contributed by atoms with Crippen LogP contribution in [-0.4, -0.2) is 11.7 Å². The minimum atomic E-state index is -0.805. The standard InChI is InChI=1S/C16H13NO3/c1-2-17-8-7-10(11-5-3-4-6-13(11)17)9-12-14(18)16(20)15(12)19/h3-9,18H,2H2,1H3/b10-9-. The van der Waals surface area contributed by atoms with Gasteiger partial charge in [-0.25, -0.2) is 0 Å². The van der Waals surface area contributed by atoms with Gasteiger partial charge in [-0.05, 0) is 30.7 Å². The van der Waals surface area contributed by atoms with Gasteiger partial charge in [-0.2, -0.15) is 0 Å². The molecule has 100 valence electrons. The van der Waals surface area contributed by atoms with E-state index in [9.17, 15) is 14.7 Å². The van der Waals surface area contributed by atoms with Crippen molar-refractivity contribution < 1.29 is 5.11 Å². The molecule has 0 atom stereocenters. The molecule has 1 aliphatic rings. The van der Waals surface area contributed by atoms with E-state index >= 15 is 0 Å². The van der Waals surface area contributed by atoms with E-state index in [1.807, 2.05) is 36.5 Å². The zero-order valence-corrected chi connectivity index (χ0v) is 11.0. The molecule has 0 radical (unpaired) electrons. The average Bonchev–Trinajstić information content (AvgIpc) is 2.51. The molecule has 0 amide bonds. The molecule has 4 heteroatoms. The number of nitrogens with zero attached hydrogens (tertiary/aromatic N) is 1. The third kappa shape index (κ3) is 1.69. The fraction of sp³-hybridized carbons (Fsp3) is 0.125. The Kier molecular flexibility index (Phi) is 2.79. The van der Waals surface area contributed by atoms with Gasteiger partial charge in [0.05, 0.1) is 5.56 Å². The normalized spacial score (nSPS) is 15.8. The lowest BCUT2D eigenvalue weighted by molar-refractivity contribution is 0.461. The number of allylic oxidation sites excluding steroid dienone is 2. The summed E-state index contributed by atoms with van der Waals surface area (Å²) in [7, 11) is 0. The summed E-state index contributed by atoms with van der Waals surface area (Å²) in [5.41, 5.74) is 1.49. The van der Waals surface area contributed by atoms with E-state index in [0.717, 1.165) is 23.4 Å². The summed E-state index contributed by atoms with van der Waals surface area (Å²) in [6.07, 6.45) is 5.38. The second-order valence-corrected chi connectivity index (χ2v) is 4.64. The van der Waals surface area contributed by atoms with Crippen molar-refractivity contribution in [2.45, 2.75) is 6.92 Å². The molecule has 0 bridgehead atoms. The van der Waals surface area contributed by atoms with Crippen LogP contribution in [0.5, 0.6) is 5.75 Å². The van der Waals surface area contributed by atoms with Crippen LogP contribution in [0, 0.1) is 0 Å². The minimum Gasteiger partial charge on any atom is -0.504 e. The van der Waals surface area contributed by atoms with Crippen LogP contribution in [0.2, 0.25) is 0 Å². The summed E-state index contributed by atoms with van der Waals surface area (Å²) < 4.78 is 0. The lowest BCUT2D eigenvalue weighted by atomic mass is 9.96. The number of fused-ring (bicyclic) bond motifs is 1. The molecular weight excluding hydrogens is 254 g/mol. The first-order valence-corrected chi connectivity index (χ1v) is 6.41. The number of anilines is 1. The Morgan fingerprint density at radius 2 is 1.95 bits per heavy atom. The van der Waals surface area contributed by atoms with Gasteiger partial charge in [0.25, 0.3) is 5.43 Å². The van der Waals surface area contributed by atoms with Gasteiger partial charge in [-0.1, -0.05) is 18.2 Å². The third-order valence-corrected chi connectivity index (χ3v) is 3.52. The number of hydrogen-bond acceptors (Lipinski definition) is 4. The molecule has 0 aliphatic carbocycles. The Balaban J connectivity index is 2.13. The zero-order chi connectivity index (χ0) is 14.3. The number of benzene rings is 1. The van der Waals surface area contributed by atoms with Gasteiger partial charge in [0, 0.05) is 24.0 Å². The van der Waals surface area contributed by atoms with Crippen LogP contribution in [0.3, 0.4) is 0 Å². The monoisotopic (exact) mass is 267 g/mol. The topological polar surface area (TPSA) is 57.6 Å². The maximum Gasteiger partial charge on any atom is 0.268 e. The van der Waals surface area contributed by atoms with Gasteiger partial charge in [0.1, 0.15) is 0 Å². The lowest BCUT2D eigenvalue weighted by Crippen LogP contribution is -2.32. The fourth-order valence-corrected chi connectivity index (χ4v) is 2.40. The second-order valence-electron chi connectivity index (χ2n) is 4.64. The van der Waals surface area contributed by atoms with E-state index in [-0.39, 0.29) is 5.56 Å². The Morgan fingerprint density at radius 3 is 2.65 bits per heavy atom. The van der Waals surface area contributed by atoms with Crippen LogP contribution in [0.1, 0.15) is 18.1 Å². The van der Waals surface area contributed by atoms with Crippen LogP contribution in [0.25, 0.3) is 11.6 Å². The zero-order valence-electron chi connectivity index (χ0n) is 11.0. The number of para-hydroxylation sites is 1. The summed E-state index contributed by atoms with van der Waals surface area (Å²) in [6.45, 7) is 2.89. The van der Waals surface area contributed by atoms with Crippen molar-refractivity contribution in [3.63, 3.8) is 0 Å². The highest BCUT2D eigenvalue weighted by Crippen LogP contribution is 2.34. The van der Waals surface area contributed by atoms with Crippen LogP contribution in [0.15, 0.2) is 46.1 Å². The van der Waals surface area contributed by atoms with Gasteiger partial charge in [-0.3, -0.25) is 9.59 Å².